The summed E-state index contributed by atoms with van der Waals surface area (Å²) in [7, 11) is 0. The highest BCUT2D eigenvalue weighted by molar-refractivity contribution is 5.52. The maximum absolute atomic E-state index is 13.3. The summed E-state index contributed by atoms with van der Waals surface area (Å²) in [6.45, 7) is 3.54. The number of piperidine rings is 2. The summed E-state index contributed by atoms with van der Waals surface area (Å²) in [5.74, 6) is 0.0946. The van der Waals surface area contributed by atoms with E-state index in [1.807, 2.05) is 4.90 Å². The highest BCUT2D eigenvalue weighted by atomic mass is 19.4. The van der Waals surface area contributed by atoms with Crippen molar-refractivity contribution in [3.05, 3.63) is 24.0 Å². The Balaban J connectivity index is 1.71. The number of likely N-dealkylation sites (tertiary alicyclic amines) is 1. The molecule has 0 unspecified atom stereocenters. The maximum atomic E-state index is 13.3. The van der Waals surface area contributed by atoms with Crippen LogP contribution in [0.3, 0.4) is 0 Å². The number of aromatic nitrogens is 1. The Kier molecular flexibility index (Phi) is 5.95. The van der Waals surface area contributed by atoms with Gasteiger partial charge < -0.3 is 20.2 Å². The molecule has 2 aliphatic rings. The van der Waals surface area contributed by atoms with Gasteiger partial charge >= 0.3 is 6.18 Å². The van der Waals surface area contributed by atoms with Gasteiger partial charge in [-0.1, -0.05) is 0 Å². The van der Waals surface area contributed by atoms with Crippen molar-refractivity contribution in [3.63, 3.8) is 0 Å². The van der Waals surface area contributed by atoms with Crippen LogP contribution < -0.4 is 4.90 Å². The topological polar surface area (TPSA) is 80.1 Å². The molecular weight excluding hydrogens is 363 g/mol. The molecule has 0 saturated carbocycles. The van der Waals surface area contributed by atoms with Gasteiger partial charge in [-0.2, -0.15) is 13.2 Å². The van der Waals surface area contributed by atoms with E-state index in [0.717, 1.165) is 19.0 Å². The highest BCUT2D eigenvalue weighted by Gasteiger charge is 2.41. The quantitative estimate of drug-likeness (QED) is 0.719. The predicted octanol–water partition coefficient (Wildman–Crippen LogP) is 1.10. The van der Waals surface area contributed by atoms with E-state index >= 15 is 0 Å². The van der Waals surface area contributed by atoms with Gasteiger partial charge in [0, 0.05) is 38.4 Å². The molecule has 2 fully saturated rings. The first-order valence-corrected chi connectivity index (χ1v) is 9.24. The first kappa shape index (κ1) is 20.3. The Bertz CT molecular complexity index is 646. The van der Waals surface area contributed by atoms with Gasteiger partial charge in [-0.05, 0) is 37.8 Å². The molecule has 6 nitrogen and oxygen atoms in total. The van der Waals surface area contributed by atoms with E-state index in [9.17, 15) is 28.5 Å². The third-order valence-corrected chi connectivity index (χ3v) is 5.64. The highest BCUT2D eigenvalue weighted by Crippen LogP contribution is 2.36. The first-order valence-electron chi connectivity index (χ1n) is 9.24. The zero-order valence-corrected chi connectivity index (χ0v) is 15.2. The van der Waals surface area contributed by atoms with Crippen molar-refractivity contribution >= 4 is 5.69 Å². The van der Waals surface area contributed by atoms with Crippen LogP contribution in [0.25, 0.3) is 0 Å². The van der Waals surface area contributed by atoms with Crippen LogP contribution >= 0.6 is 0 Å². The third kappa shape index (κ3) is 4.37. The fourth-order valence-corrected chi connectivity index (χ4v) is 4.12. The zero-order chi connectivity index (χ0) is 19.8. The number of nitrogens with zero attached hydrogens (tertiary/aromatic N) is 3. The van der Waals surface area contributed by atoms with Crippen molar-refractivity contribution < 1.29 is 28.5 Å². The number of β-amino-alcohol motifs (C(OH)–C–C–N with tert-alkyl or cyclic N) is 1. The van der Waals surface area contributed by atoms with E-state index in [2.05, 4.69) is 4.98 Å². The number of aliphatic hydroxyl groups is 3. The standard InChI is InChI=1S/C18H26F3N3O3/c1-11-15(26)16(27)14(25)10-24(11)9-12-4-3-7-23(8-12)13-5-2-6-22-17(13)18(19,20)21/h2,5-6,11-12,14-16,25-27H,3-4,7-10H2,1H3/t11-,12+,14+,15-,16-/m1/s1. The van der Waals surface area contributed by atoms with Crippen molar-refractivity contribution in [1.82, 2.24) is 9.88 Å². The minimum Gasteiger partial charge on any atom is -0.389 e. The summed E-state index contributed by atoms with van der Waals surface area (Å²) in [4.78, 5) is 7.16. The Hall–Kier alpha value is -1.42. The van der Waals surface area contributed by atoms with Crippen LogP contribution in [0.5, 0.6) is 0 Å². The molecule has 27 heavy (non-hydrogen) atoms. The lowest BCUT2D eigenvalue weighted by molar-refractivity contribution is -0.140. The SMILES string of the molecule is C[C@@H]1[C@@H](O)[C@H](O)[C@@H](O)CN1C[C@H]1CCCN(c2cccnc2C(F)(F)F)C1. The van der Waals surface area contributed by atoms with Gasteiger partial charge in [-0.3, -0.25) is 4.90 Å². The molecule has 1 aromatic heterocycles. The average molecular weight is 389 g/mol. The van der Waals surface area contributed by atoms with Crippen molar-refractivity contribution in [2.45, 2.75) is 50.3 Å². The number of halogens is 3. The molecule has 0 aromatic carbocycles. The van der Waals surface area contributed by atoms with Gasteiger partial charge in [0.1, 0.15) is 6.10 Å². The maximum Gasteiger partial charge on any atom is 0.435 e. The molecule has 2 aliphatic heterocycles. The minimum absolute atomic E-state index is 0.0943. The lowest BCUT2D eigenvalue weighted by atomic mass is 9.91. The largest absolute Gasteiger partial charge is 0.435 e. The van der Waals surface area contributed by atoms with E-state index in [0.29, 0.717) is 19.6 Å². The third-order valence-electron chi connectivity index (χ3n) is 5.64. The van der Waals surface area contributed by atoms with Gasteiger partial charge in [-0.15, -0.1) is 0 Å². The van der Waals surface area contributed by atoms with Crippen LogP contribution in [-0.2, 0) is 6.18 Å². The number of rotatable bonds is 3. The van der Waals surface area contributed by atoms with E-state index in [1.165, 1.54) is 12.1 Å². The summed E-state index contributed by atoms with van der Waals surface area (Å²) in [5, 5.41) is 29.8. The molecule has 1 aromatic rings. The molecule has 3 rings (SSSR count). The molecule has 0 bridgehead atoms. The number of hydrogen-bond acceptors (Lipinski definition) is 6. The second kappa shape index (κ2) is 7.90. The summed E-state index contributed by atoms with van der Waals surface area (Å²) in [6, 6.07) is 2.63. The second-order valence-electron chi connectivity index (χ2n) is 7.57. The number of alkyl halides is 3. The van der Waals surface area contributed by atoms with Crippen LogP contribution in [0.15, 0.2) is 18.3 Å². The van der Waals surface area contributed by atoms with Crippen LogP contribution in [0, 0.1) is 5.92 Å². The normalized spacial score (nSPS) is 33.3. The van der Waals surface area contributed by atoms with Crippen LogP contribution in [0.2, 0.25) is 0 Å². The Morgan fingerprint density at radius 3 is 2.63 bits per heavy atom. The van der Waals surface area contributed by atoms with Gasteiger partial charge in [0.15, 0.2) is 5.69 Å². The Morgan fingerprint density at radius 2 is 1.93 bits per heavy atom. The molecule has 0 radical (unpaired) electrons. The van der Waals surface area contributed by atoms with Gasteiger partial charge in [0.2, 0.25) is 0 Å². The number of pyridine rings is 1. The van der Waals surface area contributed by atoms with Gasteiger partial charge in [-0.25, -0.2) is 4.98 Å². The first-order chi connectivity index (χ1) is 12.7. The average Bonchev–Trinajstić information content (AvgIpc) is 2.64. The van der Waals surface area contributed by atoms with Crippen molar-refractivity contribution in [2.75, 3.05) is 31.1 Å². The summed E-state index contributed by atoms with van der Waals surface area (Å²) in [5.41, 5.74) is -0.775. The molecule has 5 atom stereocenters. The smallest absolute Gasteiger partial charge is 0.389 e. The van der Waals surface area contributed by atoms with Crippen LogP contribution in [-0.4, -0.2) is 75.7 Å². The van der Waals surface area contributed by atoms with E-state index < -0.39 is 30.2 Å². The van der Waals surface area contributed by atoms with Crippen LogP contribution in [0.1, 0.15) is 25.5 Å². The molecule has 2 saturated heterocycles. The lowest BCUT2D eigenvalue weighted by Crippen LogP contribution is -2.61. The fraction of sp³-hybridized carbons (Fsp3) is 0.722. The lowest BCUT2D eigenvalue weighted by Gasteiger charge is -2.45. The van der Waals surface area contributed by atoms with Crippen molar-refractivity contribution in [3.8, 4) is 0 Å². The van der Waals surface area contributed by atoms with E-state index in [1.54, 1.807) is 11.8 Å². The molecule has 0 amide bonds. The molecular formula is C18H26F3N3O3. The molecule has 0 spiro atoms. The molecule has 9 heteroatoms. The Labute approximate surface area is 156 Å². The second-order valence-corrected chi connectivity index (χ2v) is 7.57. The van der Waals surface area contributed by atoms with Crippen molar-refractivity contribution in [2.24, 2.45) is 5.92 Å². The molecule has 0 aliphatic carbocycles. The van der Waals surface area contributed by atoms with Crippen molar-refractivity contribution in [1.29, 1.82) is 0 Å². The van der Waals surface area contributed by atoms with E-state index in [4.69, 9.17) is 0 Å². The summed E-state index contributed by atoms with van der Waals surface area (Å²) < 4.78 is 39.8. The van der Waals surface area contributed by atoms with Gasteiger partial charge in [0.25, 0.3) is 0 Å². The minimum atomic E-state index is -4.50. The number of hydrogen-bond donors (Lipinski definition) is 3. The van der Waals surface area contributed by atoms with E-state index in [-0.39, 0.29) is 24.2 Å². The summed E-state index contributed by atoms with van der Waals surface area (Å²) >= 11 is 0. The van der Waals surface area contributed by atoms with Crippen LogP contribution in [0.4, 0.5) is 18.9 Å². The Morgan fingerprint density at radius 1 is 1.19 bits per heavy atom. The molecule has 3 heterocycles. The monoisotopic (exact) mass is 389 g/mol. The predicted molar refractivity (Wildman–Crippen MR) is 93.2 cm³/mol. The number of anilines is 1. The molecule has 152 valence electrons. The molecule has 3 N–H and O–H groups in total. The van der Waals surface area contributed by atoms with Gasteiger partial charge in [0.05, 0.1) is 17.9 Å². The number of aliphatic hydroxyl groups excluding tert-OH is 3. The fourth-order valence-electron chi connectivity index (χ4n) is 4.12. The summed E-state index contributed by atoms with van der Waals surface area (Å²) in [6.07, 6.45) is -5.01. The zero-order valence-electron chi connectivity index (χ0n) is 15.2.